The van der Waals surface area contributed by atoms with Crippen LogP contribution >= 0.6 is 23.2 Å². The van der Waals surface area contributed by atoms with Crippen molar-refractivity contribution in [3.05, 3.63) is 46.2 Å². The molecule has 2 N–H and O–H groups in total. The molecule has 1 heterocycles. The Morgan fingerprint density at radius 1 is 1.25 bits per heavy atom. The first-order chi connectivity index (χ1) is 7.65. The van der Waals surface area contributed by atoms with E-state index in [1.807, 2.05) is 25.1 Å². The minimum atomic E-state index is 0.122. The number of nitrogens with one attached hydrogen (secondary N) is 2. The summed E-state index contributed by atoms with van der Waals surface area (Å²) < 4.78 is 0. The minimum absolute atomic E-state index is 0.122. The number of aromatic nitrogens is 2. The Kier molecular flexibility index (Phi) is 3.36. The third kappa shape index (κ3) is 2.68. The first-order valence-electron chi connectivity index (χ1n) is 4.87. The smallest absolute Gasteiger partial charge is 0.0651 e. The molecule has 5 heteroatoms. The maximum atomic E-state index is 5.91. The largest absolute Gasteiger partial charge is 0.377 e. The van der Waals surface area contributed by atoms with Crippen LogP contribution in [0.1, 0.15) is 18.7 Å². The van der Waals surface area contributed by atoms with Gasteiger partial charge in [0.15, 0.2) is 0 Å². The van der Waals surface area contributed by atoms with Crippen molar-refractivity contribution in [2.24, 2.45) is 0 Å². The number of halogens is 2. The number of H-pyrrole nitrogens is 1. The predicted molar refractivity (Wildman–Crippen MR) is 67.1 cm³/mol. The van der Waals surface area contributed by atoms with Gasteiger partial charge in [-0.1, -0.05) is 23.2 Å². The Labute approximate surface area is 104 Å². The van der Waals surface area contributed by atoms with E-state index in [1.54, 1.807) is 12.3 Å². The van der Waals surface area contributed by atoms with E-state index in [-0.39, 0.29) is 6.04 Å². The molecule has 1 atom stereocenters. The van der Waals surface area contributed by atoms with Crippen LogP contribution in [0.3, 0.4) is 0 Å². The average molecular weight is 256 g/mol. The van der Waals surface area contributed by atoms with E-state index >= 15 is 0 Å². The number of hydrogen-bond acceptors (Lipinski definition) is 2. The summed E-state index contributed by atoms with van der Waals surface area (Å²) in [6.07, 6.45) is 1.72. The van der Waals surface area contributed by atoms with Crippen LogP contribution in [0.2, 0.25) is 10.0 Å². The first kappa shape index (κ1) is 11.3. The molecule has 3 nitrogen and oxygen atoms in total. The maximum absolute atomic E-state index is 5.91. The van der Waals surface area contributed by atoms with Crippen LogP contribution in [0.5, 0.6) is 0 Å². The van der Waals surface area contributed by atoms with Gasteiger partial charge in [0.2, 0.25) is 0 Å². The van der Waals surface area contributed by atoms with Crippen LogP contribution in [0.4, 0.5) is 5.69 Å². The molecular weight excluding hydrogens is 245 g/mol. The molecule has 0 aliphatic rings. The highest BCUT2D eigenvalue weighted by atomic mass is 35.5. The molecule has 84 valence electrons. The zero-order chi connectivity index (χ0) is 11.5. The zero-order valence-corrected chi connectivity index (χ0v) is 10.2. The number of nitrogens with zero attached hydrogens (tertiary/aromatic N) is 1. The molecule has 0 saturated heterocycles. The molecule has 1 aromatic heterocycles. The van der Waals surface area contributed by atoms with Crippen LogP contribution in [0, 0.1) is 0 Å². The van der Waals surface area contributed by atoms with Crippen molar-refractivity contribution < 1.29 is 0 Å². The lowest BCUT2D eigenvalue weighted by molar-refractivity contribution is 0.826. The first-order valence-corrected chi connectivity index (χ1v) is 5.62. The van der Waals surface area contributed by atoms with Crippen LogP contribution in [0.15, 0.2) is 30.5 Å². The Hall–Kier alpha value is -1.19. The van der Waals surface area contributed by atoms with Gasteiger partial charge in [0.25, 0.3) is 0 Å². The standard InChI is InChI=1S/C11H11Cl2N3/c1-7(11-2-3-14-16-11)15-10-5-8(12)4-9(13)6-10/h2-7,15H,1H3,(H,14,16). The minimum Gasteiger partial charge on any atom is -0.377 e. The van der Waals surface area contributed by atoms with Crippen LogP contribution in [0.25, 0.3) is 0 Å². The van der Waals surface area contributed by atoms with E-state index in [1.165, 1.54) is 0 Å². The molecule has 2 aromatic rings. The van der Waals surface area contributed by atoms with Gasteiger partial charge in [-0.2, -0.15) is 5.10 Å². The molecule has 0 bridgehead atoms. The average Bonchev–Trinajstić information content (AvgIpc) is 2.68. The Morgan fingerprint density at radius 3 is 2.50 bits per heavy atom. The van der Waals surface area contributed by atoms with Crippen molar-refractivity contribution in [1.29, 1.82) is 0 Å². The Morgan fingerprint density at radius 2 is 1.94 bits per heavy atom. The summed E-state index contributed by atoms with van der Waals surface area (Å²) in [7, 11) is 0. The molecule has 0 fully saturated rings. The van der Waals surface area contributed by atoms with Crippen LogP contribution < -0.4 is 5.32 Å². The van der Waals surface area contributed by atoms with Crippen molar-refractivity contribution in [2.75, 3.05) is 5.32 Å². The molecule has 0 amide bonds. The molecule has 0 spiro atoms. The third-order valence-electron chi connectivity index (χ3n) is 2.23. The number of benzene rings is 1. The number of anilines is 1. The van der Waals surface area contributed by atoms with Gasteiger partial charge in [-0.15, -0.1) is 0 Å². The van der Waals surface area contributed by atoms with E-state index < -0.39 is 0 Å². The van der Waals surface area contributed by atoms with Gasteiger partial charge in [0, 0.05) is 21.9 Å². The summed E-state index contributed by atoms with van der Waals surface area (Å²) in [4.78, 5) is 0. The highest BCUT2D eigenvalue weighted by molar-refractivity contribution is 6.35. The monoisotopic (exact) mass is 255 g/mol. The highest BCUT2D eigenvalue weighted by Crippen LogP contribution is 2.25. The molecule has 0 radical (unpaired) electrons. The van der Waals surface area contributed by atoms with Gasteiger partial charge in [0.1, 0.15) is 0 Å². The molecule has 0 aliphatic heterocycles. The Balaban J connectivity index is 2.15. The predicted octanol–water partition coefficient (Wildman–Crippen LogP) is 3.89. The topological polar surface area (TPSA) is 40.7 Å². The van der Waals surface area contributed by atoms with Gasteiger partial charge in [-0.3, -0.25) is 5.10 Å². The Bertz CT molecular complexity index is 448. The molecular formula is C11H11Cl2N3. The quantitative estimate of drug-likeness (QED) is 0.874. The lowest BCUT2D eigenvalue weighted by Crippen LogP contribution is -2.06. The number of aromatic amines is 1. The summed E-state index contributed by atoms with van der Waals surface area (Å²) >= 11 is 11.8. The van der Waals surface area contributed by atoms with Crippen LogP contribution in [-0.4, -0.2) is 10.2 Å². The molecule has 16 heavy (non-hydrogen) atoms. The van der Waals surface area contributed by atoms with E-state index in [2.05, 4.69) is 15.5 Å². The van der Waals surface area contributed by atoms with E-state index in [0.29, 0.717) is 10.0 Å². The lowest BCUT2D eigenvalue weighted by Gasteiger charge is -2.14. The fourth-order valence-electron chi connectivity index (χ4n) is 1.47. The fraction of sp³-hybridized carbons (Fsp3) is 0.182. The highest BCUT2D eigenvalue weighted by Gasteiger charge is 2.07. The number of hydrogen-bond donors (Lipinski definition) is 2. The fourth-order valence-corrected chi connectivity index (χ4v) is 2.00. The summed E-state index contributed by atoms with van der Waals surface area (Å²) in [5.41, 5.74) is 1.90. The van der Waals surface area contributed by atoms with Gasteiger partial charge in [-0.25, -0.2) is 0 Å². The van der Waals surface area contributed by atoms with E-state index in [0.717, 1.165) is 11.4 Å². The van der Waals surface area contributed by atoms with Crippen LogP contribution in [-0.2, 0) is 0 Å². The van der Waals surface area contributed by atoms with Crippen molar-refractivity contribution in [2.45, 2.75) is 13.0 Å². The van der Waals surface area contributed by atoms with E-state index in [4.69, 9.17) is 23.2 Å². The lowest BCUT2D eigenvalue weighted by atomic mass is 10.2. The molecule has 1 unspecified atom stereocenters. The molecule has 2 rings (SSSR count). The van der Waals surface area contributed by atoms with Crippen molar-refractivity contribution >= 4 is 28.9 Å². The van der Waals surface area contributed by atoms with Gasteiger partial charge < -0.3 is 5.32 Å². The zero-order valence-electron chi connectivity index (χ0n) is 8.67. The second kappa shape index (κ2) is 4.76. The third-order valence-corrected chi connectivity index (χ3v) is 2.67. The summed E-state index contributed by atoms with van der Waals surface area (Å²) in [6.45, 7) is 2.03. The summed E-state index contributed by atoms with van der Waals surface area (Å²) in [5.74, 6) is 0. The van der Waals surface area contributed by atoms with Crippen molar-refractivity contribution in [1.82, 2.24) is 10.2 Å². The number of rotatable bonds is 3. The summed E-state index contributed by atoms with van der Waals surface area (Å²) in [5, 5.41) is 11.3. The second-order valence-corrected chi connectivity index (χ2v) is 4.41. The second-order valence-electron chi connectivity index (χ2n) is 3.54. The van der Waals surface area contributed by atoms with Crippen molar-refractivity contribution in [3.63, 3.8) is 0 Å². The summed E-state index contributed by atoms with van der Waals surface area (Å²) in [6, 6.07) is 7.41. The van der Waals surface area contributed by atoms with Gasteiger partial charge in [-0.05, 0) is 31.2 Å². The maximum Gasteiger partial charge on any atom is 0.0651 e. The van der Waals surface area contributed by atoms with E-state index in [9.17, 15) is 0 Å². The normalized spacial score (nSPS) is 12.4. The molecule has 0 aliphatic carbocycles. The van der Waals surface area contributed by atoms with Crippen molar-refractivity contribution in [3.8, 4) is 0 Å². The SMILES string of the molecule is CC(Nc1cc(Cl)cc(Cl)c1)c1ccn[nH]1. The van der Waals surface area contributed by atoms with Gasteiger partial charge >= 0.3 is 0 Å². The molecule has 1 aromatic carbocycles. The molecule has 0 saturated carbocycles. The van der Waals surface area contributed by atoms with Gasteiger partial charge in [0.05, 0.1) is 11.7 Å².